The van der Waals surface area contributed by atoms with Gasteiger partial charge in [-0.05, 0) is 18.2 Å². The Hall–Kier alpha value is -1.61. The molecular formula is C11H11BrFN5OS. The second-order valence-corrected chi connectivity index (χ2v) is 5.72. The number of carbonyl (C=O) groups is 1. The predicted octanol–water partition coefficient (Wildman–Crippen LogP) is 2.03. The summed E-state index contributed by atoms with van der Waals surface area (Å²) in [4.78, 5) is 11.7. The Balaban J connectivity index is 1.94. The van der Waals surface area contributed by atoms with Gasteiger partial charge in [0.05, 0.1) is 11.4 Å². The minimum atomic E-state index is -0.499. The fourth-order valence-corrected chi connectivity index (χ4v) is 2.41. The molecule has 1 heterocycles. The minimum Gasteiger partial charge on any atom is -0.368 e. The van der Waals surface area contributed by atoms with Gasteiger partial charge in [0.15, 0.2) is 5.16 Å². The molecule has 0 radical (unpaired) electrons. The molecule has 106 valence electrons. The van der Waals surface area contributed by atoms with Crippen LogP contribution in [0.4, 0.5) is 16.0 Å². The number of rotatable bonds is 4. The highest BCUT2D eigenvalue weighted by atomic mass is 79.9. The van der Waals surface area contributed by atoms with E-state index in [-0.39, 0.29) is 23.3 Å². The highest BCUT2D eigenvalue weighted by Crippen LogP contribution is 2.20. The first kappa shape index (κ1) is 14.8. The van der Waals surface area contributed by atoms with E-state index in [0.29, 0.717) is 9.63 Å². The van der Waals surface area contributed by atoms with Crippen molar-refractivity contribution in [3.05, 3.63) is 28.5 Å². The van der Waals surface area contributed by atoms with E-state index in [0.717, 1.165) is 0 Å². The van der Waals surface area contributed by atoms with E-state index < -0.39 is 5.82 Å². The molecule has 0 unspecified atom stereocenters. The van der Waals surface area contributed by atoms with Gasteiger partial charge in [0, 0.05) is 11.5 Å². The van der Waals surface area contributed by atoms with Gasteiger partial charge in [0.25, 0.3) is 0 Å². The third-order valence-corrected chi connectivity index (χ3v) is 3.92. The molecule has 0 aliphatic rings. The number of nitrogens with one attached hydrogen (secondary N) is 1. The maximum atomic E-state index is 13.5. The predicted molar refractivity (Wildman–Crippen MR) is 78.9 cm³/mol. The minimum absolute atomic E-state index is 0.0848. The Morgan fingerprint density at radius 3 is 2.90 bits per heavy atom. The summed E-state index contributed by atoms with van der Waals surface area (Å²) in [6, 6.07) is 4.42. The second kappa shape index (κ2) is 6.23. The summed E-state index contributed by atoms with van der Waals surface area (Å²) in [5.41, 5.74) is 5.66. The van der Waals surface area contributed by atoms with Crippen LogP contribution in [0, 0.1) is 5.82 Å². The Kier molecular flexibility index (Phi) is 4.61. The van der Waals surface area contributed by atoms with Gasteiger partial charge in [-0.15, -0.1) is 10.2 Å². The number of hydrogen-bond acceptors (Lipinski definition) is 5. The van der Waals surface area contributed by atoms with Crippen LogP contribution in [-0.2, 0) is 11.8 Å². The molecule has 1 aromatic heterocycles. The highest BCUT2D eigenvalue weighted by molar-refractivity contribution is 9.10. The van der Waals surface area contributed by atoms with Crippen molar-refractivity contribution >= 4 is 45.2 Å². The van der Waals surface area contributed by atoms with Crippen molar-refractivity contribution in [3.63, 3.8) is 0 Å². The number of benzene rings is 1. The van der Waals surface area contributed by atoms with Gasteiger partial charge in [-0.3, -0.25) is 9.36 Å². The standard InChI is InChI=1S/C11H11BrFN5OS/c1-18-10(14)16-17-11(18)20-5-9(19)15-8-3-2-6(12)4-7(8)13/h2-4H,5H2,1H3,(H2,14,16)(H,15,19). The van der Waals surface area contributed by atoms with Crippen LogP contribution in [0.5, 0.6) is 0 Å². The van der Waals surface area contributed by atoms with Crippen molar-refractivity contribution in [2.24, 2.45) is 7.05 Å². The van der Waals surface area contributed by atoms with Crippen molar-refractivity contribution in [1.82, 2.24) is 14.8 Å². The fourth-order valence-electron chi connectivity index (χ4n) is 1.36. The van der Waals surface area contributed by atoms with Gasteiger partial charge in [-0.1, -0.05) is 27.7 Å². The third-order valence-electron chi connectivity index (χ3n) is 2.41. The van der Waals surface area contributed by atoms with Crippen molar-refractivity contribution in [1.29, 1.82) is 0 Å². The molecule has 20 heavy (non-hydrogen) atoms. The lowest BCUT2D eigenvalue weighted by Crippen LogP contribution is -2.15. The maximum Gasteiger partial charge on any atom is 0.234 e. The zero-order valence-corrected chi connectivity index (χ0v) is 12.8. The summed E-state index contributed by atoms with van der Waals surface area (Å²) in [7, 11) is 1.70. The molecular weight excluding hydrogens is 349 g/mol. The van der Waals surface area contributed by atoms with Crippen molar-refractivity contribution < 1.29 is 9.18 Å². The Morgan fingerprint density at radius 2 is 2.30 bits per heavy atom. The summed E-state index contributed by atoms with van der Waals surface area (Å²) in [5, 5.41) is 10.5. The van der Waals surface area contributed by atoms with Gasteiger partial charge in [-0.25, -0.2) is 4.39 Å². The Bertz CT molecular complexity index is 648. The van der Waals surface area contributed by atoms with Crippen LogP contribution in [0.2, 0.25) is 0 Å². The van der Waals surface area contributed by atoms with E-state index >= 15 is 0 Å². The normalized spacial score (nSPS) is 10.6. The smallest absolute Gasteiger partial charge is 0.234 e. The molecule has 0 saturated carbocycles. The van der Waals surface area contributed by atoms with Crippen molar-refractivity contribution in [3.8, 4) is 0 Å². The van der Waals surface area contributed by atoms with E-state index in [4.69, 9.17) is 5.73 Å². The van der Waals surface area contributed by atoms with Crippen LogP contribution in [0.3, 0.4) is 0 Å². The van der Waals surface area contributed by atoms with Crippen LogP contribution in [0.15, 0.2) is 27.8 Å². The molecule has 0 atom stereocenters. The molecule has 1 amide bonds. The average Bonchev–Trinajstić information content (AvgIpc) is 2.71. The number of nitrogens with two attached hydrogens (primary N) is 1. The van der Waals surface area contributed by atoms with E-state index in [1.165, 1.54) is 23.9 Å². The van der Waals surface area contributed by atoms with Crippen LogP contribution in [0.1, 0.15) is 0 Å². The molecule has 0 aliphatic carbocycles. The van der Waals surface area contributed by atoms with Crippen LogP contribution in [0.25, 0.3) is 0 Å². The largest absolute Gasteiger partial charge is 0.368 e. The number of anilines is 2. The third kappa shape index (κ3) is 3.48. The summed E-state index contributed by atoms with van der Waals surface area (Å²) in [6.45, 7) is 0. The van der Waals surface area contributed by atoms with Crippen molar-refractivity contribution in [2.45, 2.75) is 5.16 Å². The number of hydrogen-bond donors (Lipinski definition) is 2. The zero-order valence-electron chi connectivity index (χ0n) is 10.4. The molecule has 0 aliphatic heterocycles. The lowest BCUT2D eigenvalue weighted by atomic mass is 10.3. The zero-order chi connectivity index (χ0) is 14.7. The van der Waals surface area contributed by atoms with Gasteiger partial charge in [-0.2, -0.15) is 0 Å². The Morgan fingerprint density at radius 1 is 1.55 bits per heavy atom. The van der Waals surface area contributed by atoms with Gasteiger partial charge in [0.1, 0.15) is 5.82 Å². The van der Waals surface area contributed by atoms with E-state index in [2.05, 4.69) is 31.4 Å². The molecule has 0 spiro atoms. The van der Waals surface area contributed by atoms with Gasteiger partial charge in [0.2, 0.25) is 11.9 Å². The first-order valence-electron chi connectivity index (χ1n) is 5.50. The van der Waals surface area contributed by atoms with Crippen LogP contribution >= 0.6 is 27.7 Å². The summed E-state index contributed by atoms with van der Waals surface area (Å²) in [5.74, 6) is -0.480. The molecule has 0 bridgehead atoms. The summed E-state index contributed by atoms with van der Waals surface area (Å²) in [6.07, 6.45) is 0. The molecule has 2 rings (SSSR count). The Labute approximate surface area is 127 Å². The highest BCUT2D eigenvalue weighted by Gasteiger charge is 2.11. The fraction of sp³-hybridized carbons (Fsp3) is 0.182. The molecule has 6 nitrogen and oxygen atoms in total. The van der Waals surface area contributed by atoms with E-state index in [1.54, 1.807) is 17.7 Å². The lowest BCUT2D eigenvalue weighted by Gasteiger charge is -2.06. The number of amides is 1. The number of carbonyl (C=O) groups excluding carboxylic acids is 1. The quantitative estimate of drug-likeness (QED) is 0.815. The first-order valence-corrected chi connectivity index (χ1v) is 7.28. The summed E-state index contributed by atoms with van der Waals surface area (Å²) >= 11 is 4.32. The lowest BCUT2D eigenvalue weighted by molar-refractivity contribution is -0.113. The molecule has 0 fully saturated rings. The number of halogens is 2. The molecule has 2 aromatic rings. The van der Waals surface area contributed by atoms with Crippen LogP contribution < -0.4 is 11.1 Å². The van der Waals surface area contributed by atoms with Crippen molar-refractivity contribution in [2.75, 3.05) is 16.8 Å². The van der Waals surface area contributed by atoms with Gasteiger partial charge < -0.3 is 11.1 Å². The molecule has 1 aromatic carbocycles. The average molecular weight is 360 g/mol. The van der Waals surface area contributed by atoms with E-state index in [1.807, 2.05) is 0 Å². The number of aromatic nitrogens is 3. The first-order chi connectivity index (χ1) is 9.47. The monoisotopic (exact) mass is 359 g/mol. The summed E-state index contributed by atoms with van der Waals surface area (Å²) < 4.78 is 15.7. The second-order valence-electron chi connectivity index (χ2n) is 3.86. The molecule has 3 N–H and O–H groups in total. The van der Waals surface area contributed by atoms with E-state index in [9.17, 15) is 9.18 Å². The topological polar surface area (TPSA) is 85.8 Å². The van der Waals surface area contributed by atoms with Gasteiger partial charge >= 0.3 is 0 Å². The SMILES string of the molecule is Cn1c(N)nnc1SCC(=O)Nc1ccc(Br)cc1F. The molecule has 9 heteroatoms. The maximum absolute atomic E-state index is 13.5. The number of thioether (sulfide) groups is 1. The van der Waals surface area contributed by atoms with Crippen LogP contribution in [-0.4, -0.2) is 26.4 Å². The number of nitrogens with zero attached hydrogens (tertiary/aromatic N) is 3. The molecule has 0 saturated heterocycles. The number of nitrogen functional groups attached to an aromatic ring is 1.